The van der Waals surface area contributed by atoms with E-state index in [1.807, 2.05) is 11.0 Å². The summed E-state index contributed by atoms with van der Waals surface area (Å²) < 4.78 is 0. The molecule has 0 spiro atoms. The van der Waals surface area contributed by atoms with E-state index in [2.05, 4.69) is 5.32 Å². The van der Waals surface area contributed by atoms with Gasteiger partial charge in [-0.25, -0.2) is 0 Å². The van der Waals surface area contributed by atoms with Crippen LogP contribution in [0.1, 0.15) is 52.0 Å². The minimum absolute atomic E-state index is 0.0283. The van der Waals surface area contributed by atoms with Gasteiger partial charge in [-0.05, 0) is 55.3 Å². The molecule has 0 atom stereocenters. The highest BCUT2D eigenvalue weighted by molar-refractivity contribution is 6.05. The second-order valence-electron chi connectivity index (χ2n) is 6.43. The number of amides is 2. The maximum absolute atomic E-state index is 12.6. The lowest BCUT2D eigenvalue weighted by atomic mass is 10.1. The van der Waals surface area contributed by atoms with Crippen LogP contribution >= 0.6 is 0 Å². The lowest BCUT2D eigenvalue weighted by Gasteiger charge is -2.20. The Morgan fingerprint density at radius 1 is 0.923 bits per heavy atom. The minimum Gasteiger partial charge on any atom is -0.339 e. The van der Waals surface area contributed by atoms with E-state index in [0.29, 0.717) is 22.4 Å². The molecule has 0 bridgehead atoms. The molecule has 26 heavy (non-hydrogen) atoms. The van der Waals surface area contributed by atoms with E-state index in [1.165, 1.54) is 12.8 Å². The SMILES string of the molecule is N#Cc1cccc(NC(=O)c2ccc(C(=O)N3CCCCCC3)cc2)c1. The average Bonchev–Trinajstić information content (AvgIpc) is 2.97. The number of nitrogens with zero attached hydrogens (tertiary/aromatic N) is 2. The van der Waals surface area contributed by atoms with Gasteiger partial charge in [-0.15, -0.1) is 0 Å². The Balaban J connectivity index is 1.67. The number of carbonyl (C=O) groups is 2. The van der Waals surface area contributed by atoms with E-state index in [-0.39, 0.29) is 11.8 Å². The zero-order valence-electron chi connectivity index (χ0n) is 14.6. The lowest BCUT2D eigenvalue weighted by molar-refractivity contribution is 0.0761. The van der Waals surface area contributed by atoms with Gasteiger partial charge < -0.3 is 10.2 Å². The second-order valence-corrected chi connectivity index (χ2v) is 6.43. The highest BCUT2D eigenvalue weighted by Gasteiger charge is 2.17. The number of benzene rings is 2. The van der Waals surface area contributed by atoms with Crippen molar-refractivity contribution in [3.05, 3.63) is 65.2 Å². The van der Waals surface area contributed by atoms with Crippen molar-refractivity contribution in [2.75, 3.05) is 18.4 Å². The standard InChI is InChI=1S/C21H21N3O2/c22-15-16-6-5-7-19(14-16)23-20(25)17-8-10-18(11-9-17)21(26)24-12-3-1-2-4-13-24/h5-11,14H,1-4,12-13H2,(H,23,25). The monoisotopic (exact) mass is 347 g/mol. The molecule has 1 saturated heterocycles. The van der Waals surface area contributed by atoms with Crippen LogP contribution in [0.25, 0.3) is 0 Å². The van der Waals surface area contributed by atoms with Gasteiger partial charge in [0.1, 0.15) is 0 Å². The van der Waals surface area contributed by atoms with E-state index >= 15 is 0 Å². The molecular weight excluding hydrogens is 326 g/mol. The van der Waals surface area contributed by atoms with Crippen molar-refractivity contribution in [1.29, 1.82) is 5.26 Å². The third-order valence-electron chi connectivity index (χ3n) is 4.54. The number of hydrogen-bond donors (Lipinski definition) is 1. The Bertz CT molecular complexity index is 829. The van der Waals surface area contributed by atoms with E-state index in [1.54, 1.807) is 48.5 Å². The van der Waals surface area contributed by atoms with Crippen LogP contribution in [-0.4, -0.2) is 29.8 Å². The summed E-state index contributed by atoms with van der Waals surface area (Å²) in [6.45, 7) is 1.60. The number of nitrogens with one attached hydrogen (secondary N) is 1. The average molecular weight is 347 g/mol. The zero-order valence-corrected chi connectivity index (χ0v) is 14.6. The Hall–Kier alpha value is -3.13. The molecule has 132 valence electrons. The molecule has 2 aromatic carbocycles. The molecule has 5 nitrogen and oxygen atoms in total. The van der Waals surface area contributed by atoms with Crippen LogP contribution in [0, 0.1) is 11.3 Å². The smallest absolute Gasteiger partial charge is 0.255 e. The molecule has 1 fully saturated rings. The summed E-state index contributed by atoms with van der Waals surface area (Å²) in [6, 6.07) is 15.5. The molecular formula is C21H21N3O2. The Morgan fingerprint density at radius 2 is 1.58 bits per heavy atom. The molecule has 1 aliphatic rings. The molecule has 0 aromatic heterocycles. The molecule has 0 radical (unpaired) electrons. The number of carbonyl (C=O) groups excluding carboxylic acids is 2. The molecule has 3 rings (SSSR count). The maximum Gasteiger partial charge on any atom is 0.255 e. The molecule has 1 heterocycles. The molecule has 5 heteroatoms. The van der Waals surface area contributed by atoms with Crippen molar-refractivity contribution in [3.63, 3.8) is 0 Å². The first-order valence-corrected chi connectivity index (χ1v) is 8.88. The highest BCUT2D eigenvalue weighted by Crippen LogP contribution is 2.15. The molecule has 1 aliphatic heterocycles. The Kier molecular flexibility index (Phi) is 5.65. The van der Waals surface area contributed by atoms with Crippen LogP contribution in [0.15, 0.2) is 48.5 Å². The fourth-order valence-electron chi connectivity index (χ4n) is 3.09. The van der Waals surface area contributed by atoms with Crippen molar-refractivity contribution >= 4 is 17.5 Å². The van der Waals surface area contributed by atoms with Gasteiger partial charge in [0.25, 0.3) is 11.8 Å². The fraction of sp³-hybridized carbons (Fsp3) is 0.286. The molecule has 0 saturated carbocycles. The normalized spacial score (nSPS) is 14.2. The van der Waals surface area contributed by atoms with Crippen LogP contribution in [0.5, 0.6) is 0 Å². The Labute approximate surface area is 153 Å². The van der Waals surface area contributed by atoms with Gasteiger partial charge in [0, 0.05) is 29.9 Å². The molecule has 2 aromatic rings. The van der Waals surface area contributed by atoms with Crippen LogP contribution < -0.4 is 5.32 Å². The fourth-order valence-corrected chi connectivity index (χ4v) is 3.09. The van der Waals surface area contributed by atoms with Gasteiger partial charge in [-0.1, -0.05) is 18.9 Å². The van der Waals surface area contributed by atoms with Crippen LogP contribution in [0.3, 0.4) is 0 Å². The first-order valence-electron chi connectivity index (χ1n) is 8.88. The predicted octanol–water partition coefficient (Wildman–Crippen LogP) is 3.83. The van der Waals surface area contributed by atoms with Crippen LogP contribution in [0.2, 0.25) is 0 Å². The van der Waals surface area contributed by atoms with E-state index in [0.717, 1.165) is 25.9 Å². The van der Waals surface area contributed by atoms with Crippen molar-refractivity contribution in [2.24, 2.45) is 0 Å². The number of likely N-dealkylation sites (tertiary alicyclic amines) is 1. The maximum atomic E-state index is 12.6. The van der Waals surface area contributed by atoms with Gasteiger partial charge in [0.15, 0.2) is 0 Å². The molecule has 0 aliphatic carbocycles. The van der Waals surface area contributed by atoms with Crippen LogP contribution in [-0.2, 0) is 0 Å². The topological polar surface area (TPSA) is 73.2 Å². The summed E-state index contributed by atoms with van der Waals surface area (Å²) in [5.41, 5.74) is 2.13. The first-order chi connectivity index (χ1) is 12.7. The van der Waals surface area contributed by atoms with Gasteiger partial charge in [-0.2, -0.15) is 5.26 Å². The highest BCUT2D eigenvalue weighted by atomic mass is 16.2. The summed E-state index contributed by atoms with van der Waals surface area (Å²) in [5, 5.41) is 11.7. The Morgan fingerprint density at radius 3 is 2.23 bits per heavy atom. The van der Waals surface area contributed by atoms with E-state index in [9.17, 15) is 9.59 Å². The molecule has 1 N–H and O–H groups in total. The van der Waals surface area contributed by atoms with Gasteiger partial charge in [0.2, 0.25) is 0 Å². The number of rotatable bonds is 3. The summed E-state index contributed by atoms with van der Waals surface area (Å²) in [6.07, 6.45) is 4.45. The molecule has 0 unspecified atom stereocenters. The van der Waals surface area contributed by atoms with Crippen molar-refractivity contribution < 1.29 is 9.59 Å². The summed E-state index contributed by atoms with van der Waals surface area (Å²) in [4.78, 5) is 26.8. The zero-order chi connectivity index (χ0) is 18.4. The summed E-state index contributed by atoms with van der Waals surface area (Å²) in [5.74, 6) is -0.241. The summed E-state index contributed by atoms with van der Waals surface area (Å²) >= 11 is 0. The van der Waals surface area contributed by atoms with Gasteiger partial charge >= 0.3 is 0 Å². The lowest BCUT2D eigenvalue weighted by Crippen LogP contribution is -2.31. The van der Waals surface area contributed by atoms with Crippen molar-refractivity contribution in [2.45, 2.75) is 25.7 Å². The third-order valence-corrected chi connectivity index (χ3v) is 4.54. The quantitative estimate of drug-likeness (QED) is 0.917. The first kappa shape index (κ1) is 17.7. The van der Waals surface area contributed by atoms with Crippen molar-refractivity contribution in [1.82, 2.24) is 4.90 Å². The second kappa shape index (κ2) is 8.30. The minimum atomic E-state index is -0.270. The van der Waals surface area contributed by atoms with Gasteiger partial charge in [-0.3, -0.25) is 9.59 Å². The molecule has 2 amide bonds. The van der Waals surface area contributed by atoms with Crippen LogP contribution in [0.4, 0.5) is 5.69 Å². The third kappa shape index (κ3) is 4.28. The predicted molar refractivity (Wildman–Crippen MR) is 99.9 cm³/mol. The number of anilines is 1. The van der Waals surface area contributed by atoms with Gasteiger partial charge in [0.05, 0.1) is 11.6 Å². The van der Waals surface area contributed by atoms with Crippen molar-refractivity contribution in [3.8, 4) is 6.07 Å². The largest absolute Gasteiger partial charge is 0.339 e. The number of hydrogen-bond acceptors (Lipinski definition) is 3. The number of nitriles is 1. The summed E-state index contributed by atoms with van der Waals surface area (Å²) in [7, 11) is 0. The van der Waals surface area contributed by atoms with E-state index in [4.69, 9.17) is 5.26 Å². The van der Waals surface area contributed by atoms with E-state index < -0.39 is 0 Å².